The lowest BCUT2D eigenvalue weighted by atomic mass is 10.2. The summed E-state index contributed by atoms with van der Waals surface area (Å²) < 4.78 is 18.4. The zero-order chi connectivity index (χ0) is 36.1. The summed E-state index contributed by atoms with van der Waals surface area (Å²) >= 11 is 1.81. The molecule has 3 heterocycles. The number of anilines is 1. The van der Waals surface area contributed by atoms with E-state index in [0.29, 0.717) is 18.9 Å². The zero-order valence-electron chi connectivity index (χ0n) is 30.8. The Hall–Kier alpha value is -4.40. The molecule has 2 aromatic heterocycles. The molecule has 0 amide bonds. The number of hydrogen-bond donors (Lipinski definition) is 0. The maximum atomic E-state index is 12.2. The predicted molar refractivity (Wildman–Crippen MR) is 218 cm³/mol. The normalized spacial score (nSPS) is 14.2. The highest BCUT2D eigenvalue weighted by atomic mass is 32.1. The van der Waals surface area contributed by atoms with Crippen LogP contribution in [0.2, 0.25) is 0 Å². The van der Waals surface area contributed by atoms with Crippen LogP contribution in [0.25, 0.3) is 21.0 Å². The number of esters is 1. The van der Waals surface area contributed by atoms with E-state index in [2.05, 4.69) is 100.0 Å². The highest BCUT2D eigenvalue weighted by molar-refractivity contribution is 7.17. The smallest absolute Gasteiger partial charge is 0.308 e. The first kappa shape index (κ1) is 38.8. The zero-order valence-corrected chi connectivity index (χ0v) is 31.6. The highest BCUT2D eigenvalue weighted by Gasteiger charge is 2.18. The number of pyridine rings is 1. The van der Waals surface area contributed by atoms with Crippen LogP contribution in [0.5, 0.6) is 11.6 Å². The summed E-state index contributed by atoms with van der Waals surface area (Å²) in [5, 5.41) is 4.56. The molecule has 1 saturated heterocycles. The molecular formula is C44H55N3O4S. The summed E-state index contributed by atoms with van der Waals surface area (Å²) in [7, 11) is 0. The van der Waals surface area contributed by atoms with Crippen LogP contribution in [0, 0.1) is 0 Å². The molecule has 0 radical (unpaired) electrons. The molecule has 7 nitrogen and oxygen atoms in total. The molecule has 1 fully saturated rings. The maximum absolute atomic E-state index is 12.2. The number of fused-ring (bicyclic) bond motifs is 2. The van der Waals surface area contributed by atoms with E-state index in [1.807, 2.05) is 35.6 Å². The lowest BCUT2D eigenvalue weighted by Gasteiger charge is -2.36. The van der Waals surface area contributed by atoms with Crippen LogP contribution in [0.4, 0.5) is 5.69 Å². The molecular weight excluding hydrogens is 667 g/mol. The molecule has 0 saturated carbocycles. The number of unbranched alkanes of at least 4 members (excludes halogenated alkanes) is 3. The maximum Gasteiger partial charge on any atom is 0.308 e. The third kappa shape index (κ3) is 13.3. The second-order valence-electron chi connectivity index (χ2n) is 13.0. The summed E-state index contributed by atoms with van der Waals surface area (Å²) in [5.74, 6) is 0.963. The van der Waals surface area contributed by atoms with E-state index in [1.54, 1.807) is 6.07 Å². The Morgan fingerprint density at radius 2 is 1.58 bits per heavy atom. The molecule has 0 unspecified atom stereocenters. The predicted octanol–water partition coefficient (Wildman–Crippen LogP) is 10.7. The average molecular weight is 722 g/mol. The van der Waals surface area contributed by atoms with Gasteiger partial charge in [0.15, 0.2) is 0 Å². The van der Waals surface area contributed by atoms with Crippen molar-refractivity contribution in [1.82, 2.24) is 9.88 Å². The summed E-state index contributed by atoms with van der Waals surface area (Å²) in [6.45, 7) is 8.08. The molecule has 0 bridgehead atoms. The van der Waals surface area contributed by atoms with Crippen LogP contribution in [0.15, 0.2) is 109 Å². The molecule has 0 atom stereocenters. The van der Waals surface area contributed by atoms with Crippen LogP contribution < -0.4 is 14.4 Å². The molecule has 1 aliphatic heterocycles. The number of ether oxygens (including phenoxy) is 3. The Balaban J connectivity index is 0.898. The van der Waals surface area contributed by atoms with Gasteiger partial charge in [0.05, 0.1) is 12.1 Å². The van der Waals surface area contributed by atoms with Crippen LogP contribution in [-0.4, -0.2) is 62.0 Å². The molecule has 0 N–H and O–H groups in total. The summed E-state index contributed by atoms with van der Waals surface area (Å²) in [6, 6.07) is 18.6. The first-order chi connectivity index (χ1) is 25.7. The molecule has 8 heteroatoms. The number of carbonyl (C=O) groups is 1. The minimum atomic E-state index is -0.254. The summed E-state index contributed by atoms with van der Waals surface area (Å²) in [4.78, 5) is 21.9. The number of piperazine rings is 1. The second kappa shape index (κ2) is 22.5. The van der Waals surface area contributed by atoms with Gasteiger partial charge in [-0.15, -0.1) is 11.3 Å². The molecule has 4 aromatic rings. The van der Waals surface area contributed by atoms with Gasteiger partial charge < -0.3 is 19.1 Å². The number of allylic oxidation sites excluding steroid dienone is 8. The van der Waals surface area contributed by atoms with Gasteiger partial charge in [-0.05, 0) is 106 Å². The van der Waals surface area contributed by atoms with Gasteiger partial charge >= 0.3 is 5.97 Å². The number of hydrogen-bond acceptors (Lipinski definition) is 8. The highest BCUT2D eigenvalue weighted by Crippen LogP contribution is 2.31. The fraction of sp³-hybridized carbons (Fsp3) is 0.409. The van der Waals surface area contributed by atoms with Crippen molar-refractivity contribution in [3.8, 4) is 11.6 Å². The lowest BCUT2D eigenvalue weighted by Crippen LogP contribution is -2.46. The van der Waals surface area contributed by atoms with Crippen LogP contribution in [0.1, 0.15) is 71.1 Å². The molecule has 2 aromatic carbocycles. The Morgan fingerprint density at radius 1 is 0.808 bits per heavy atom. The number of nitrogens with zero attached hydrogens (tertiary/aromatic N) is 3. The Bertz CT molecular complexity index is 1770. The second-order valence-corrected chi connectivity index (χ2v) is 14.0. The Morgan fingerprint density at radius 3 is 2.38 bits per heavy atom. The van der Waals surface area contributed by atoms with Crippen molar-refractivity contribution in [2.75, 3.05) is 51.0 Å². The standard InChI is InChI=1S/C44H55N3O4S/c1-2-3-4-5-6-7-8-9-10-11-12-13-14-15-16-22-44(48)51-36-50-43-26-24-37-23-25-38(35-40(37)45-43)49-33-18-17-28-46-29-31-47(32-30-46)41-20-19-21-42-39(41)27-34-52-42/h3-4,6-7,9-10,12-13,19-21,23-27,34-35H,2,5,8,11,14-18,22,28-33,36H2,1H3. The largest absolute Gasteiger partial charge is 0.494 e. The summed E-state index contributed by atoms with van der Waals surface area (Å²) in [5.41, 5.74) is 2.15. The van der Waals surface area contributed by atoms with Gasteiger partial charge in [0.2, 0.25) is 12.7 Å². The first-order valence-electron chi connectivity index (χ1n) is 19.0. The van der Waals surface area contributed by atoms with Crippen molar-refractivity contribution >= 4 is 44.0 Å². The van der Waals surface area contributed by atoms with Crippen LogP contribution in [-0.2, 0) is 9.53 Å². The van der Waals surface area contributed by atoms with Gasteiger partial charge in [-0.1, -0.05) is 61.6 Å². The fourth-order valence-corrected chi connectivity index (χ4v) is 7.01. The van der Waals surface area contributed by atoms with Crippen molar-refractivity contribution in [2.24, 2.45) is 0 Å². The third-order valence-corrected chi connectivity index (χ3v) is 9.99. The van der Waals surface area contributed by atoms with Crippen molar-refractivity contribution < 1.29 is 19.0 Å². The molecule has 5 rings (SSSR count). The van der Waals surface area contributed by atoms with E-state index >= 15 is 0 Å². The molecule has 0 aliphatic carbocycles. The van der Waals surface area contributed by atoms with Gasteiger partial charge in [0.25, 0.3) is 0 Å². The van der Waals surface area contributed by atoms with Crippen LogP contribution in [0.3, 0.4) is 0 Å². The van der Waals surface area contributed by atoms with E-state index in [4.69, 9.17) is 14.2 Å². The van der Waals surface area contributed by atoms with Gasteiger partial charge in [0.1, 0.15) is 5.75 Å². The average Bonchev–Trinajstić information content (AvgIpc) is 3.66. The minimum Gasteiger partial charge on any atom is -0.494 e. The van der Waals surface area contributed by atoms with Gasteiger partial charge in [-0.3, -0.25) is 9.69 Å². The van der Waals surface area contributed by atoms with E-state index in [-0.39, 0.29) is 12.8 Å². The van der Waals surface area contributed by atoms with E-state index < -0.39 is 0 Å². The van der Waals surface area contributed by atoms with Crippen molar-refractivity contribution in [3.63, 3.8) is 0 Å². The molecule has 1 aliphatic rings. The number of carbonyl (C=O) groups excluding carboxylic acids is 1. The minimum absolute atomic E-state index is 0.149. The molecule has 276 valence electrons. The Labute approximate surface area is 314 Å². The van der Waals surface area contributed by atoms with Gasteiger partial charge in [0, 0.05) is 65.9 Å². The van der Waals surface area contributed by atoms with E-state index in [1.165, 1.54) is 15.8 Å². The Kier molecular flexibility index (Phi) is 16.8. The number of aromatic nitrogens is 1. The van der Waals surface area contributed by atoms with Gasteiger partial charge in [-0.25, -0.2) is 4.98 Å². The number of rotatable bonds is 22. The van der Waals surface area contributed by atoms with E-state index in [9.17, 15) is 4.79 Å². The van der Waals surface area contributed by atoms with Crippen LogP contribution >= 0.6 is 11.3 Å². The molecule has 0 spiro atoms. The first-order valence-corrected chi connectivity index (χ1v) is 19.9. The number of benzene rings is 2. The quantitative estimate of drug-likeness (QED) is 0.0346. The SMILES string of the molecule is CCC=CCC=CCC=CCC=CCCCCC(=O)OCOc1ccc2ccc(OCCCCN3CCN(c4cccc5sccc45)CC3)cc2n1. The topological polar surface area (TPSA) is 64.1 Å². The fourth-order valence-electron chi connectivity index (χ4n) is 6.20. The van der Waals surface area contributed by atoms with Crippen molar-refractivity contribution in [2.45, 2.75) is 71.1 Å². The van der Waals surface area contributed by atoms with E-state index in [0.717, 1.165) is 107 Å². The molecule has 52 heavy (non-hydrogen) atoms. The third-order valence-electron chi connectivity index (χ3n) is 9.11. The summed E-state index contributed by atoms with van der Waals surface area (Å²) in [6.07, 6.45) is 26.7. The lowest BCUT2D eigenvalue weighted by molar-refractivity contribution is -0.150. The number of thiophene rings is 1. The van der Waals surface area contributed by atoms with Crippen molar-refractivity contribution in [1.29, 1.82) is 0 Å². The monoisotopic (exact) mass is 721 g/mol. The van der Waals surface area contributed by atoms with Crippen molar-refractivity contribution in [3.05, 3.63) is 109 Å². The van der Waals surface area contributed by atoms with Gasteiger partial charge in [-0.2, -0.15) is 0 Å².